The van der Waals surface area contributed by atoms with Crippen LogP contribution in [0.1, 0.15) is 36.6 Å². The number of carbonyl (C=O) groups excluding carboxylic acids is 1. The van der Waals surface area contributed by atoms with Crippen LogP contribution in [0.5, 0.6) is 0 Å². The average molecular weight is 474 g/mol. The van der Waals surface area contributed by atoms with Crippen molar-refractivity contribution in [3.05, 3.63) is 82.0 Å². The van der Waals surface area contributed by atoms with Crippen LogP contribution in [0.25, 0.3) is 4.85 Å². The lowest BCUT2D eigenvalue weighted by Crippen LogP contribution is -2.46. The minimum Gasteiger partial charge on any atom is -0.335 e. The van der Waals surface area contributed by atoms with Gasteiger partial charge in [0.05, 0.1) is 40.5 Å². The minimum atomic E-state index is -4.63. The first-order valence-electron chi connectivity index (χ1n) is 9.57. The van der Waals surface area contributed by atoms with Crippen LogP contribution in [-0.2, 0) is 16.0 Å². The van der Waals surface area contributed by atoms with Gasteiger partial charge in [0, 0.05) is 11.4 Å². The van der Waals surface area contributed by atoms with E-state index >= 15 is 0 Å². The molecule has 170 valence electrons. The summed E-state index contributed by atoms with van der Waals surface area (Å²) in [7, 11) is -3.83. The molecule has 3 rings (SSSR count). The number of halogens is 3. The molecule has 0 fully saturated rings. The van der Waals surface area contributed by atoms with Crippen LogP contribution in [0.4, 0.5) is 23.7 Å². The van der Waals surface area contributed by atoms with Crippen molar-refractivity contribution in [3.63, 3.8) is 0 Å². The van der Waals surface area contributed by atoms with E-state index in [2.05, 4.69) is 10.2 Å². The standard InChI is InChI=1S/C22H17F3N4O3S/c1-4-33(31,32)18-10-14(12-26)8-9-17(18)20-19(27-3)13(2)29(21(30)28-20)16-7-5-6-15(11-16)22(23,24)25/h5-11,20H,4H2,1-2H3,(H,28,30). The monoisotopic (exact) mass is 474 g/mol. The van der Waals surface area contributed by atoms with E-state index in [1.807, 2.05) is 6.07 Å². The highest BCUT2D eigenvalue weighted by Gasteiger charge is 2.37. The van der Waals surface area contributed by atoms with Gasteiger partial charge in [0.2, 0.25) is 5.70 Å². The molecule has 0 spiro atoms. The number of rotatable bonds is 4. The van der Waals surface area contributed by atoms with Crippen molar-refractivity contribution in [3.8, 4) is 6.07 Å². The molecule has 0 aromatic heterocycles. The Hall–Kier alpha value is -3.83. The molecule has 0 saturated carbocycles. The maximum atomic E-state index is 13.1. The fourth-order valence-electron chi connectivity index (χ4n) is 3.50. The molecule has 0 saturated heterocycles. The average Bonchev–Trinajstić information content (AvgIpc) is 2.78. The summed E-state index contributed by atoms with van der Waals surface area (Å²) < 4.78 is 64.8. The molecule has 0 aliphatic carbocycles. The van der Waals surface area contributed by atoms with Gasteiger partial charge in [-0.3, -0.25) is 4.90 Å². The molecule has 1 aliphatic rings. The molecule has 1 atom stereocenters. The Morgan fingerprint density at radius 2 is 1.94 bits per heavy atom. The predicted molar refractivity (Wildman–Crippen MR) is 113 cm³/mol. The van der Waals surface area contributed by atoms with E-state index in [1.165, 1.54) is 38.1 Å². The largest absolute Gasteiger partial charge is 0.416 e. The molecule has 0 bridgehead atoms. The molecule has 1 heterocycles. The Labute approximate surface area is 188 Å². The number of benzene rings is 2. The Bertz CT molecular complexity index is 1350. The molecule has 33 heavy (non-hydrogen) atoms. The van der Waals surface area contributed by atoms with Crippen LogP contribution in [0, 0.1) is 17.9 Å². The summed E-state index contributed by atoms with van der Waals surface area (Å²) >= 11 is 0. The first-order valence-corrected chi connectivity index (χ1v) is 11.2. The van der Waals surface area contributed by atoms with E-state index in [4.69, 9.17) is 11.8 Å². The van der Waals surface area contributed by atoms with E-state index in [1.54, 1.807) is 0 Å². The van der Waals surface area contributed by atoms with Crippen molar-refractivity contribution in [1.82, 2.24) is 5.32 Å². The number of nitrogens with one attached hydrogen (secondary N) is 1. The molecular weight excluding hydrogens is 457 g/mol. The lowest BCUT2D eigenvalue weighted by atomic mass is 9.99. The predicted octanol–water partition coefficient (Wildman–Crippen LogP) is 4.79. The summed E-state index contributed by atoms with van der Waals surface area (Å²) in [5.41, 5.74) is -0.885. The van der Waals surface area contributed by atoms with Gasteiger partial charge in [0.15, 0.2) is 9.84 Å². The van der Waals surface area contributed by atoms with Crippen molar-refractivity contribution in [1.29, 1.82) is 5.26 Å². The second kappa shape index (κ2) is 8.60. The van der Waals surface area contributed by atoms with Gasteiger partial charge >= 0.3 is 12.2 Å². The Kier molecular flexibility index (Phi) is 6.21. The quantitative estimate of drug-likeness (QED) is 0.645. The molecule has 0 radical (unpaired) electrons. The molecular formula is C22H17F3N4O3S. The second-order valence-electron chi connectivity index (χ2n) is 7.12. The summed E-state index contributed by atoms with van der Waals surface area (Å²) in [4.78, 5) is 17.2. The van der Waals surface area contributed by atoms with Gasteiger partial charge in [-0.1, -0.05) is 19.1 Å². The molecule has 1 unspecified atom stereocenters. The topological polar surface area (TPSA) is 94.6 Å². The van der Waals surface area contributed by atoms with Crippen LogP contribution in [0.3, 0.4) is 0 Å². The van der Waals surface area contributed by atoms with E-state index in [9.17, 15) is 26.4 Å². The van der Waals surface area contributed by atoms with Gasteiger partial charge in [-0.2, -0.15) is 18.4 Å². The molecule has 2 amide bonds. The number of carbonyl (C=O) groups is 1. The summed E-state index contributed by atoms with van der Waals surface area (Å²) in [6, 6.07) is 7.86. The summed E-state index contributed by atoms with van der Waals surface area (Å²) in [5, 5.41) is 11.7. The van der Waals surface area contributed by atoms with Crippen LogP contribution in [0.2, 0.25) is 0 Å². The van der Waals surface area contributed by atoms with Gasteiger partial charge in [-0.05, 0) is 42.8 Å². The number of hydrogen-bond donors (Lipinski definition) is 1. The third kappa shape index (κ3) is 4.41. The number of anilines is 1. The number of allylic oxidation sites excluding steroid dienone is 1. The lowest BCUT2D eigenvalue weighted by Gasteiger charge is -2.34. The highest BCUT2D eigenvalue weighted by molar-refractivity contribution is 7.91. The van der Waals surface area contributed by atoms with Gasteiger partial charge in [0.25, 0.3) is 0 Å². The van der Waals surface area contributed by atoms with Gasteiger partial charge in [0.1, 0.15) is 0 Å². The number of alkyl halides is 3. The van der Waals surface area contributed by atoms with E-state index in [-0.39, 0.29) is 38.9 Å². The van der Waals surface area contributed by atoms with Crippen LogP contribution >= 0.6 is 0 Å². The zero-order valence-corrected chi connectivity index (χ0v) is 18.3. The highest BCUT2D eigenvalue weighted by Crippen LogP contribution is 2.38. The smallest absolute Gasteiger partial charge is 0.335 e. The van der Waals surface area contributed by atoms with E-state index < -0.39 is 33.6 Å². The number of nitrogens with zero attached hydrogens (tertiary/aromatic N) is 3. The first kappa shape index (κ1) is 23.8. The molecule has 7 nitrogen and oxygen atoms in total. The van der Waals surface area contributed by atoms with E-state index in [0.29, 0.717) is 0 Å². The number of amides is 2. The second-order valence-corrected chi connectivity index (χ2v) is 9.36. The Morgan fingerprint density at radius 3 is 2.52 bits per heavy atom. The summed E-state index contributed by atoms with van der Waals surface area (Å²) in [5.74, 6) is -0.276. The number of urea groups is 1. The first-order chi connectivity index (χ1) is 15.4. The maximum absolute atomic E-state index is 13.1. The van der Waals surface area contributed by atoms with Crippen molar-refractivity contribution in [2.24, 2.45) is 0 Å². The van der Waals surface area contributed by atoms with Crippen molar-refractivity contribution >= 4 is 21.6 Å². The normalized spacial score (nSPS) is 16.8. The Balaban J connectivity index is 2.19. The minimum absolute atomic E-state index is 0.0577. The third-order valence-corrected chi connectivity index (χ3v) is 6.96. The highest BCUT2D eigenvalue weighted by atomic mass is 32.2. The maximum Gasteiger partial charge on any atom is 0.416 e. The summed E-state index contributed by atoms with van der Waals surface area (Å²) in [6.45, 7) is 10.4. The number of sulfone groups is 1. The van der Waals surface area contributed by atoms with Crippen LogP contribution in [-0.4, -0.2) is 20.2 Å². The lowest BCUT2D eigenvalue weighted by molar-refractivity contribution is -0.137. The van der Waals surface area contributed by atoms with Gasteiger partial charge in [-0.25, -0.2) is 18.1 Å². The van der Waals surface area contributed by atoms with Gasteiger partial charge in [-0.15, -0.1) is 0 Å². The fourth-order valence-corrected chi connectivity index (χ4v) is 4.66. The zero-order valence-electron chi connectivity index (χ0n) is 17.4. The summed E-state index contributed by atoms with van der Waals surface area (Å²) in [6.07, 6.45) is -4.63. The van der Waals surface area contributed by atoms with Crippen molar-refractivity contribution < 1.29 is 26.4 Å². The van der Waals surface area contributed by atoms with Crippen LogP contribution < -0.4 is 10.2 Å². The number of hydrogen-bond acceptors (Lipinski definition) is 4. The number of nitriles is 1. The zero-order chi connectivity index (χ0) is 24.6. The SMILES string of the molecule is [C-]#[N+]C1=C(C)N(c2cccc(C(F)(F)F)c2)C(=O)NC1c1ccc(C#N)cc1S(=O)(=O)CC. The third-order valence-electron chi connectivity index (χ3n) is 5.17. The van der Waals surface area contributed by atoms with Crippen molar-refractivity contribution in [2.45, 2.75) is 31.0 Å². The van der Waals surface area contributed by atoms with Crippen molar-refractivity contribution in [2.75, 3.05) is 10.7 Å². The molecule has 2 aromatic carbocycles. The molecule has 1 N–H and O–H groups in total. The Morgan fingerprint density at radius 1 is 1.24 bits per heavy atom. The van der Waals surface area contributed by atoms with E-state index in [0.717, 1.165) is 23.1 Å². The van der Waals surface area contributed by atoms with Crippen LogP contribution in [0.15, 0.2) is 58.8 Å². The fraction of sp³-hybridized carbons (Fsp3) is 0.227. The molecule has 1 aliphatic heterocycles. The molecule has 11 heteroatoms. The van der Waals surface area contributed by atoms with Gasteiger partial charge < -0.3 is 5.32 Å². The molecule has 2 aromatic rings.